The third-order valence-electron chi connectivity index (χ3n) is 5.92. The summed E-state index contributed by atoms with van der Waals surface area (Å²) < 4.78 is 11.4. The van der Waals surface area contributed by atoms with Crippen molar-refractivity contribution in [2.24, 2.45) is 10.8 Å². The van der Waals surface area contributed by atoms with E-state index in [2.05, 4.69) is 38.8 Å². The van der Waals surface area contributed by atoms with Gasteiger partial charge >= 0.3 is 11.9 Å². The van der Waals surface area contributed by atoms with Gasteiger partial charge in [0.2, 0.25) is 0 Å². The Bertz CT molecular complexity index is 536. The Morgan fingerprint density at radius 3 is 2.17 bits per heavy atom. The fourth-order valence-electron chi connectivity index (χ4n) is 2.75. The van der Waals surface area contributed by atoms with Crippen LogP contribution in [0.25, 0.3) is 0 Å². The van der Waals surface area contributed by atoms with Gasteiger partial charge in [-0.05, 0) is 38.4 Å². The van der Waals surface area contributed by atoms with Crippen LogP contribution < -0.4 is 0 Å². The monoisotopic (exact) mass is 358 g/mol. The van der Waals surface area contributed by atoms with Crippen LogP contribution in [0.4, 0.5) is 0 Å². The van der Waals surface area contributed by atoms with Crippen molar-refractivity contribution in [2.75, 3.05) is 7.11 Å². The molecule has 0 aromatic carbocycles. The molecule has 0 radical (unpaired) electrons. The summed E-state index contributed by atoms with van der Waals surface area (Å²) in [5.74, 6) is -1.44. The van der Waals surface area contributed by atoms with Gasteiger partial charge in [0, 0.05) is 0 Å². The zero-order valence-electron chi connectivity index (χ0n) is 15.9. The van der Waals surface area contributed by atoms with Crippen molar-refractivity contribution in [1.29, 1.82) is 0 Å². The van der Waals surface area contributed by atoms with Crippen molar-refractivity contribution in [3.63, 3.8) is 0 Å². The van der Waals surface area contributed by atoms with Gasteiger partial charge < -0.3 is 14.1 Å². The minimum Gasteiger partial charge on any atom is -0.468 e. The molecule has 0 bridgehead atoms. The highest BCUT2D eigenvalue weighted by Gasteiger charge is 2.63. The number of carbonyl (C=O) groups excluding carboxylic acids is 2. The van der Waals surface area contributed by atoms with E-state index in [0.29, 0.717) is 0 Å². The number of allylic oxidation sites excluding steroid dienone is 1. The quantitative estimate of drug-likeness (QED) is 0.272. The van der Waals surface area contributed by atoms with Gasteiger partial charge in [0.05, 0.1) is 18.6 Å². The Morgan fingerprint density at radius 1 is 1.21 bits per heavy atom. The molecule has 0 saturated carbocycles. The molecule has 0 aliphatic heterocycles. The van der Waals surface area contributed by atoms with Crippen LogP contribution in [0.5, 0.6) is 0 Å². The summed E-state index contributed by atoms with van der Waals surface area (Å²) in [5.41, 5.74) is -2.61. The van der Waals surface area contributed by atoms with E-state index in [1.54, 1.807) is 19.9 Å². The van der Waals surface area contributed by atoms with Crippen molar-refractivity contribution in [2.45, 2.75) is 65.3 Å². The highest BCUT2D eigenvalue weighted by Crippen LogP contribution is 2.52. The van der Waals surface area contributed by atoms with Crippen LogP contribution in [0.3, 0.4) is 0 Å². The smallest absolute Gasteiger partial charge is 0.349 e. The molecule has 1 aliphatic carbocycles. The standard InChI is InChI=1S/C17H30O6Si/c1-15(2,3)24(7,8)23-12-10-9-11-16(4,13(18)22-20)17(12,5)14(19)21-6/h9-10,12,20H,11H2,1-8H3/t12-,16+,17-/m0/s1. The molecule has 138 valence electrons. The van der Waals surface area contributed by atoms with Gasteiger partial charge in [-0.1, -0.05) is 32.9 Å². The molecule has 6 nitrogen and oxygen atoms in total. The molecule has 1 aliphatic rings. The van der Waals surface area contributed by atoms with Gasteiger partial charge in [-0.2, -0.15) is 5.26 Å². The predicted octanol–water partition coefficient (Wildman–Crippen LogP) is 3.54. The van der Waals surface area contributed by atoms with E-state index in [9.17, 15) is 9.59 Å². The molecule has 24 heavy (non-hydrogen) atoms. The van der Waals surface area contributed by atoms with Gasteiger partial charge in [-0.25, -0.2) is 4.79 Å². The molecule has 0 aromatic heterocycles. The first kappa shape index (κ1) is 20.9. The van der Waals surface area contributed by atoms with Crippen molar-refractivity contribution in [3.8, 4) is 0 Å². The van der Waals surface area contributed by atoms with Crippen molar-refractivity contribution in [3.05, 3.63) is 12.2 Å². The van der Waals surface area contributed by atoms with Crippen molar-refractivity contribution < 1.29 is 28.9 Å². The van der Waals surface area contributed by atoms with Gasteiger partial charge in [0.15, 0.2) is 8.32 Å². The highest BCUT2D eigenvalue weighted by molar-refractivity contribution is 6.74. The Hall–Kier alpha value is -1.18. The summed E-state index contributed by atoms with van der Waals surface area (Å²) >= 11 is 0. The maximum Gasteiger partial charge on any atom is 0.349 e. The number of carbonyl (C=O) groups is 2. The van der Waals surface area contributed by atoms with E-state index in [-0.39, 0.29) is 11.5 Å². The summed E-state index contributed by atoms with van der Waals surface area (Å²) in [4.78, 5) is 28.9. The van der Waals surface area contributed by atoms with Crippen molar-refractivity contribution in [1.82, 2.24) is 0 Å². The Labute approximate surface area is 145 Å². The molecule has 3 atom stereocenters. The molecule has 0 spiro atoms. The Morgan fingerprint density at radius 2 is 1.75 bits per heavy atom. The van der Waals surface area contributed by atoms with Crippen LogP contribution in [0.2, 0.25) is 18.1 Å². The summed E-state index contributed by atoms with van der Waals surface area (Å²) in [6.45, 7) is 13.7. The maximum absolute atomic E-state index is 12.7. The van der Waals surface area contributed by atoms with Gasteiger partial charge in [0.25, 0.3) is 0 Å². The van der Waals surface area contributed by atoms with E-state index in [4.69, 9.17) is 14.4 Å². The van der Waals surface area contributed by atoms with Crippen LogP contribution in [0, 0.1) is 10.8 Å². The number of ether oxygens (including phenoxy) is 1. The van der Waals surface area contributed by atoms with Gasteiger partial charge in [-0.3, -0.25) is 4.79 Å². The second-order valence-electron chi connectivity index (χ2n) is 8.34. The summed E-state index contributed by atoms with van der Waals surface area (Å²) in [5, 5.41) is 8.86. The van der Waals surface area contributed by atoms with E-state index in [1.807, 2.05) is 6.08 Å². The average molecular weight is 359 g/mol. The van der Waals surface area contributed by atoms with E-state index >= 15 is 0 Å². The van der Waals surface area contributed by atoms with Crippen LogP contribution in [0.1, 0.15) is 41.0 Å². The maximum atomic E-state index is 12.7. The summed E-state index contributed by atoms with van der Waals surface area (Å²) in [7, 11) is -0.943. The SMILES string of the molecule is COC(=O)[C@]1(C)[C@@H](O[Si](C)(C)C(C)(C)C)C=CC[C@]1(C)C(=O)OO. The van der Waals surface area contributed by atoms with Crippen LogP contribution in [0.15, 0.2) is 12.2 Å². The van der Waals surface area contributed by atoms with Crippen LogP contribution in [-0.2, 0) is 23.6 Å². The summed E-state index contributed by atoms with van der Waals surface area (Å²) in [6.07, 6.45) is 3.20. The van der Waals surface area contributed by atoms with E-state index < -0.39 is 37.2 Å². The molecular weight excluding hydrogens is 328 g/mol. The molecule has 0 heterocycles. The summed E-state index contributed by atoms with van der Waals surface area (Å²) in [6, 6.07) is 0. The number of hydrogen-bond donors (Lipinski definition) is 1. The fourth-order valence-corrected chi connectivity index (χ4v) is 4.05. The highest BCUT2D eigenvalue weighted by atomic mass is 28.4. The molecule has 1 N–H and O–H groups in total. The number of rotatable bonds is 4. The lowest BCUT2D eigenvalue weighted by atomic mass is 9.58. The second-order valence-corrected chi connectivity index (χ2v) is 13.1. The first-order valence-corrected chi connectivity index (χ1v) is 11.0. The Kier molecular flexibility index (Phi) is 5.75. The molecule has 0 unspecified atom stereocenters. The topological polar surface area (TPSA) is 82.1 Å². The third kappa shape index (κ3) is 3.17. The number of methoxy groups -OCH3 is 1. The minimum atomic E-state index is -2.22. The van der Waals surface area contributed by atoms with Crippen LogP contribution >= 0.6 is 0 Å². The third-order valence-corrected chi connectivity index (χ3v) is 10.4. The zero-order valence-corrected chi connectivity index (χ0v) is 16.9. The predicted molar refractivity (Wildman–Crippen MR) is 92.8 cm³/mol. The fraction of sp³-hybridized carbons (Fsp3) is 0.765. The molecule has 0 saturated heterocycles. The molecule has 0 fully saturated rings. The van der Waals surface area contributed by atoms with Gasteiger partial charge in [0.1, 0.15) is 5.41 Å². The lowest BCUT2D eigenvalue weighted by molar-refractivity contribution is -0.254. The van der Waals surface area contributed by atoms with E-state index in [0.717, 1.165) is 0 Å². The zero-order chi connectivity index (χ0) is 19.0. The number of esters is 1. The molecular formula is C17H30O6Si. The first-order valence-electron chi connectivity index (χ1n) is 8.06. The Balaban J connectivity index is 3.43. The average Bonchev–Trinajstić information content (AvgIpc) is 2.48. The minimum absolute atomic E-state index is 0.0663. The van der Waals surface area contributed by atoms with Gasteiger partial charge in [-0.15, -0.1) is 0 Å². The van der Waals surface area contributed by atoms with Crippen LogP contribution in [-0.4, -0.2) is 38.7 Å². The number of hydrogen-bond acceptors (Lipinski definition) is 6. The van der Waals surface area contributed by atoms with E-state index in [1.165, 1.54) is 7.11 Å². The lowest BCUT2D eigenvalue weighted by Gasteiger charge is -2.50. The molecule has 1 rings (SSSR count). The largest absolute Gasteiger partial charge is 0.468 e. The molecule has 0 amide bonds. The van der Waals surface area contributed by atoms with Crippen molar-refractivity contribution >= 4 is 20.3 Å². The lowest BCUT2D eigenvalue weighted by Crippen LogP contribution is -2.60. The molecule has 7 heteroatoms. The second kappa shape index (κ2) is 6.61. The normalized spacial score (nSPS) is 30.8. The first-order chi connectivity index (χ1) is 10.8. The molecule has 0 aromatic rings.